The third-order valence-electron chi connectivity index (χ3n) is 3.38. The minimum Gasteiger partial charge on any atom is -0.351 e. The normalized spacial score (nSPS) is 10.6. The Morgan fingerprint density at radius 3 is 2.71 bits per heavy atom. The Bertz CT molecular complexity index is 849. The molecule has 0 aliphatic carbocycles. The van der Waals surface area contributed by atoms with Gasteiger partial charge in [0.1, 0.15) is 17.5 Å². The first-order valence-electron chi connectivity index (χ1n) is 7.33. The Labute approximate surface area is 136 Å². The minimum absolute atomic E-state index is 0.220. The van der Waals surface area contributed by atoms with Crippen LogP contribution in [0.5, 0.6) is 0 Å². The van der Waals surface area contributed by atoms with Gasteiger partial charge in [0.25, 0.3) is 5.91 Å². The molecule has 1 aromatic heterocycles. The van der Waals surface area contributed by atoms with Gasteiger partial charge in [-0.25, -0.2) is 13.8 Å². The molecule has 3 aromatic rings. The number of nitrogens with one attached hydrogen (secondary N) is 2. The van der Waals surface area contributed by atoms with Crippen molar-refractivity contribution < 1.29 is 13.6 Å². The van der Waals surface area contributed by atoms with Crippen LogP contribution >= 0.6 is 0 Å². The van der Waals surface area contributed by atoms with Crippen molar-refractivity contribution in [2.45, 2.75) is 6.42 Å². The van der Waals surface area contributed by atoms with E-state index in [1.165, 1.54) is 0 Å². The number of benzene rings is 2. The standard InChI is InChI=1S/C17H14F2N4O/c18-12-6-7-14(19)13(10-12)17(24)20-9-8-15-21-16(23-22-15)11-4-2-1-3-5-11/h1-7,10H,8-9H2,(H,20,24)(H,21,22,23). The summed E-state index contributed by atoms with van der Waals surface area (Å²) in [6, 6.07) is 12.2. The molecule has 0 aliphatic heterocycles. The fourth-order valence-corrected chi connectivity index (χ4v) is 2.18. The van der Waals surface area contributed by atoms with Gasteiger partial charge in [0.15, 0.2) is 5.82 Å². The van der Waals surface area contributed by atoms with Crippen LogP contribution in [0.1, 0.15) is 16.2 Å². The van der Waals surface area contributed by atoms with Gasteiger partial charge in [0.05, 0.1) is 5.56 Å². The van der Waals surface area contributed by atoms with Gasteiger partial charge in [0, 0.05) is 18.5 Å². The number of hydrogen-bond acceptors (Lipinski definition) is 3. The summed E-state index contributed by atoms with van der Waals surface area (Å²) < 4.78 is 26.6. The first-order valence-corrected chi connectivity index (χ1v) is 7.33. The van der Waals surface area contributed by atoms with Crippen LogP contribution < -0.4 is 5.32 Å². The first kappa shape index (κ1) is 15.8. The molecule has 0 aliphatic rings. The molecule has 5 nitrogen and oxygen atoms in total. The molecule has 0 radical (unpaired) electrons. The Kier molecular flexibility index (Phi) is 4.60. The van der Waals surface area contributed by atoms with E-state index >= 15 is 0 Å². The second-order valence-electron chi connectivity index (χ2n) is 5.10. The van der Waals surface area contributed by atoms with Gasteiger partial charge in [-0.2, -0.15) is 5.10 Å². The van der Waals surface area contributed by atoms with E-state index in [0.29, 0.717) is 18.1 Å². The lowest BCUT2D eigenvalue weighted by Gasteiger charge is -2.05. The molecule has 0 spiro atoms. The molecule has 0 bridgehead atoms. The molecule has 7 heteroatoms. The summed E-state index contributed by atoms with van der Waals surface area (Å²) in [4.78, 5) is 16.2. The first-order chi connectivity index (χ1) is 11.6. The zero-order valence-electron chi connectivity index (χ0n) is 12.6. The fourth-order valence-electron chi connectivity index (χ4n) is 2.18. The van der Waals surface area contributed by atoms with Crippen molar-refractivity contribution in [3.63, 3.8) is 0 Å². The van der Waals surface area contributed by atoms with Gasteiger partial charge in [-0.1, -0.05) is 30.3 Å². The molecule has 2 aromatic carbocycles. The predicted octanol–water partition coefficient (Wildman–Crippen LogP) is 2.72. The summed E-state index contributed by atoms with van der Waals surface area (Å²) in [5.74, 6) is -0.944. The maximum absolute atomic E-state index is 13.5. The van der Waals surface area contributed by atoms with Crippen molar-refractivity contribution >= 4 is 5.91 Å². The summed E-state index contributed by atoms with van der Waals surface area (Å²) in [5.41, 5.74) is 0.559. The smallest absolute Gasteiger partial charge is 0.254 e. The minimum atomic E-state index is -0.764. The molecule has 0 fully saturated rings. The summed E-state index contributed by atoms with van der Waals surface area (Å²) in [6.45, 7) is 0.220. The fraction of sp³-hybridized carbons (Fsp3) is 0.118. The van der Waals surface area contributed by atoms with Gasteiger partial charge >= 0.3 is 0 Å². The molecule has 122 valence electrons. The van der Waals surface area contributed by atoms with Crippen LogP contribution in [0, 0.1) is 11.6 Å². The lowest BCUT2D eigenvalue weighted by molar-refractivity contribution is 0.0949. The largest absolute Gasteiger partial charge is 0.351 e. The Morgan fingerprint density at radius 2 is 1.92 bits per heavy atom. The molecule has 0 atom stereocenters. The predicted molar refractivity (Wildman–Crippen MR) is 84.2 cm³/mol. The van der Waals surface area contributed by atoms with Crippen molar-refractivity contribution in [1.29, 1.82) is 0 Å². The van der Waals surface area contributed by atoms with Gasteiger partial charge in [-0.3, -0.25) is 9.89 Å². The van der Waals surface area contributed by atoms with Crippen LogP contribution in [-0.4, -0.2) is 27.6 Å². The number of carbonyl (C=O) groups excluding carboxylic acids is 1. The van der Waals surface area contributed by atoms with Crippen molar-refractivity contribution in [3.8, 4) is 11.4 Å². The lowest BCUT2D eigenvalue weighted by atomic mass is 10.2. The van der Waals surface area contributed by atoms with Crippen LogP contribution in [0.15, 0.2) is 48.5 Å². The third-order valence-corrected chi connectivity index (χ3v) is 3.38. The van der Waals surface area contributed by atoms with Gasteiger partial charge in [-0.15, -0.1) is 0 Å². The molecule has 1 heterocycles. The van der Waals surface area contributed by atoms with Crippen LogP contribution in [0.25, 0.3) is 11.4 Å². The Morgan fingerprint density at radius 1 is 1.12 bits per heavy atom. The highest BCUT2D eigenvalue weighted by Crippen LogP contribution is 2.13. The van der Waals surface area contributed by atoms with Crippen LogP contribution in [0.2, 0.25) is 0 Å². The van der Waals surface area contributed by atoms with E-state index in [1.54, 1.807) is 0 Å². The number of aromatic nitrogens is 3. The van der Waals surface area contributed by atoms with Crippen molar-refractivity contribution in [2.24, 2.45) is 0 Å². The molecule has 0 saturated heterocycles. The number of amides is 1. The maximum Gasteiger partial charge on any atom is 0.254 e. The molecule has 2 N–H and O–H groups in total. The van der Waals surface area contributed by atoms with E-state index in [-0.39, 0.29) is 12.1 Å². The highest BCUT2D eigenvalue weighted by molar-refractivity contribution is 5.94. The molecule has 0 saturated carbocycles. The molecule has 1 amide bonds. The van der Waals surface area contributed by atoms with E-state index < -0.39 is 17.5 Å². The SMILES string of the molecule is O=C(NCCc1nc(-c2ccccc2)n[nH]1)c1cc(F)ccc1F. The van der Waals surface area contributed by atoms with Gasteiger partial charge in [-0.05, 0) is 18.2 Å². The molecule has 24 heavy (non-hydrogen) atoms. The number of rotatable bonds is 5. The highest BCUT2D eigenvalue weighted by Gasteiger charge is 2.13. The molecular formula is C17H14F2N4O. The quantitative estimate of drug-likeness (QED) is 0.756. The van der Waals surface area contributed by atoms with Crippen molar-refractivity contribution in [1.82, 2.24) is 20.5 Å². The van der Waals surface area contributed by atoms with E-state index in [2.05, 4.69) is 20.5 Å². The topological polar surface area (TPSA) is 70.7 Å². The van der Waals surface area contributed by atoms with Crippen LogP contribution in [-0.2, 0) is 6.42 Å². The van der Waals surface area contributed by atoms with Gasteiger partial charge < -0.3 is 5.32 Å². The lowest BCUT2D eigenvalue weighted by Crippen LogP contribution is -2.27. The number of aromatic amines is 1. The summed E-state index contributed by atoms with van der Waals surface area (Å²) in [7, 11) is 0. The summed E-state index contributed by atoms with van der Waals surface area (Å²) >= 11 is 0. The van der Waals surface area contributed by atoms with Crippen LogP contribution in [0.4, 0.5) is 8.78 Å². The van der Waals surface area contributed by atoms with Crippen molar-refractivity contribution in [3.05, 3.63) is 71.6 Å². The zero-order chi connectivity index (χ0) is 16.9. The second kappa shape index (κ2) is 6.99. The average Bonchev–Trinajstić information content (AvgIpc) is 3.06. The molecule has 0 unspecified atom stereocenters. The highest BCUT2D eigenvalue weighted by atomic mass is 19.1. The third kappa shape index (κ3) is 3.62. The number of halogens is 2. The average molecular weight is 328 g/mol. The summed E-state index contributed by atoms with van der Waals surface area (Å²) in [5, 5.41) is 9.43. The van der Waals surface area contributed by atoms with Crippen molar-refractivity contribution in [2.75, 3.05) is 6.54 Å². The Hall–Kier alpha value is -3.09. The number of nitrogens with zero attached hydrogens (tertiary/aromatic N) is 2. The zero-order valence-corrected chi connectivity index (χ0v) is 12.6. The van der Waals surface area contributed by atoms with E-state index in [1.807, 2.05) is 30.3 Å². The Balaban J connectivity index is 1.58. The number of H-pyrrole nitrogens is 1. The molecule has 3 rings (SSSR count). The van der Waals surface area contributed by atoms with Gasteiger partial charge in [0.2, 0.25) is 0 Å². The van der Waals surface area contributed by atoms with E-state index in [4.69, 9.17) is 0 Å². The molecular weight excluding hydrogens is 314 g/mol. The van der Waals surface area contributed by atoms with Crippen LogP contribution in [0.3, 0.4) is 0 Å². The number of carbonyl (C=O) groups is 1. The van der Waals surface area contributed by atoms with E-state index in [9.17, 15) is 13.6 Å². The second-order valence-corrected chi connectivity index (χ2v) is 5.10. The maximum atomic E-state index is 13.5. The number of hydrogen-bond donors (Lipinski definition) is 2. The summed E-state index contributed by atoms with van der Waals surface area (Å²) in [6.07, 6.45) is 0.391. The monoisotopic (exact) mass is 328 g/mol. The van der Waals surface area contributed by atoms with E-state index in [0.717, 1.165) is 23.8 Å².